The second-order valence-corrected chi connectivity index (χ2v) is 10.4. The van der Waals surface area contributed by atoms with Crippen LogP contribution in [0.5, 0.6) is 0 Å². The molecule has 10 heteroatoms. The summed E-state index contributed by atoms with van der Waals surface area (Å²) >= 11 is 3.26. The first-order valence-corrected chi connectivity index (χ1v) is 13.1. The SMILES string of the molecule is CC(C)NC(=O)N(CCN1CCOCC1)CC(=O)N1N=C(c2cccs2)C[C@@H]1c1cccs1. The third-order valence-electron chi connectivity index (χ3n) is 5.66. The summed E-state index contributed by atoms with van der Waals surface area (Å²) in [5.74, 6) is -0.166. The molecular weight excluding hydrogens is 458 g/mol. The zero-order valence-corrected chi connectivity index (χ0v) is 20.7. The summed E-state index contributed by atoms with van der Waals surface area (Å²) in [5.41, 5.74) is 0.920. The van der Waals surface area contributed by atoms with Crippen LogP contribution in [0, 0.1) is 0 Å². The first kappa shape index (κ1) is 23.9. The maximum atomic E-state index is 13.5. The van der Waals surface area contributed by atoms with Crippen LogP contribution in [0.25, 0.3) is 0 Å². The van der Waals surface area contributed by atoms with Crippen molar-refractivity contribution in [1.82, 2.24) is 20.1 Å². The summed E-state index contributed by atoms with van der Waals surface area (Å²) < 4.78 is 5.42. The summed E-state index contributed by atoms with van der Waals surface area (Å²) in [6.45, 7) is 8.11. The molecule has 0 spiro atoms. The molecule has 0 aromatic carbocycles. The largest absolute Gasteiger partial charge is 0.379 e. The summed E-state index contributed by atoms with van der Waals surface area (Å²) in [4.78, 5) is 32.5. The lowest BCUT2D eigenvalue weighted by Crippen LogP contribution is -2.50. The van der Waals surface area contributed by atoms with Gasteiger partial charge in [0.15, 0.2) is 0 Å². The van der Waals surface area contributed by atoms with Crippen molar-refractivity contribution >= 4 is 40.3 Å². The number of hydrogen-bond acceptors (Lipinski definition) is 7. The van der Waals surface area contributed by atoms with Crippen molar-refractivity contribution in [2.75, 3.05) is 45.9 Å². The fourth-order valence-corrected chi connectivity index (χ4v) is 5.48. The minimum Gasteiger partial charge on any atom is -0.379 e. The van der Waals surface area contributed by atoms with Gasteiger partial charge in [-0.05, 0) is 36.7 Å². The van der Waals surface area contributed by atoms with Crippen LogP contribution >= 0.6 is 22.7 Å². The van der Waals surface area contributed by atoms with Crippen molar-refractivity contribution in [3.63, 3.8) is 0 Å². The highest BCUT2D eigenvalue weighted by atomic mass is 32.1. The van der Waals surface area contributed by atoms with Crippen molar-refractivity contribution in [1.29, 1.82) is 0 Å². The molecule has 1 saturated heterocycles. The number of carbonyl (C=O) groups excluding carboxylic acids is 2. The molecule has 0 saturated carbocycles. The molecule has 2 aliphatic rings. The quantitative estimate of drug-likeness (QED) is 0.618. The van der Waals surface area contributed by atoms with Gasteiger partial charge in [0, 0.05) is 43.5 Å². The van der Waals surface area contributed by atoms with E-state index in [1.54, 1.807) is 32.6 Å². The number of morpholine rings is 1. The van der Waals surface area contributed by atoms with E-state index in [9.17, 15) is 9.59 Å². The van der Waals surface area contributed by atoms with E-state index in [0.717, 1.165) is 28.6 Å². The molecule has 1 fully saturated rings. The number of hydrazone groups is 1. The summed E-state index contributed by atoms with van der Waals surface area (Å²) in [7, 11) is 0. The Balaban J connectivity index is 1.49. The van der Waals surface area contributed by atoms with Crippen LogP contribution in [0.4, 0.5) is 4.79 Å². The summed E-state index contributed by atoms with van der Waals surface area (Å²) in [6, 6.07) is 7.71. The van der Waals surface area contributed by atoms with Crippen LogP contribution < -0.4 is 5.32 Å². The fraction of sp³-hybridized carbons (Fsp3) is 0.522. The zero-order valence-electron chi connectivity index (χ0n) is 19.1. The Kier molecular flexibility index (Phi) is 8.13. The van der Waals surface area contributed by atoms with E-state index >= 15 is 0 Å². The Labute approximate surface area is 202 Å². The van der Waals surface area contributed by atoms with Gasteiger partial charge in [0.05, 0.1) is 29.8 Å². The molecule has 4 heterocycles. The van der Waals surface area contributed by atoms with Crippen molar-refractivity contribution < 1.29 is 14.3 Å². The molecule has 2 aliphatic heterocycles. The number of hydrogen-bond donors (Lipinski definition) is 1. The first-order valence-electron chi connectivity index (χ1n) is 11.3. The van der Waals surface area contributed by atoms with E-state index in [-0.39, 0.29) is 30.6 Å². The first-order chi connectivity index (χ1) is 16.0. The van der Waals surface area contributed by atoms with Gasteiger partial charge in [-0.1, -0.05) is 12.1 Å². The van der Waals surface area contributed by atoms with Gasteiger partial charge in [0.2, 0.25) is 0 Å². The van der Waals surface area contributed by atoms with Gasteiger partial charge in [0.1, 0.15) is 6.54 Å². The molecule has 0 radical (unpaired) electrons. The Bertz CT molecular complexity index is 939. The van der Waals surface area contributed by atoms with Crippen LogP contribution in [0.1, 0.15) is 36.1 Å². The molecule has 0 bridgehead atoms. The van der Waals surface area contributed by atoms with E-state index in [2.05, 4.69) is 10.2 Å². The van der Waals surface area contributed by atoms with Crippen molar-refractivity contribution in [3.05, 3.63) is 44.8 Å². The van der Waals surface area contributed by atoms with Crippen molar-refractivity contribution in [2.45, 2.75) is 32.4 Å². The molecule has 8 nitrogen and oxygen atoms in total. The number of ether oxygens (including phenoxy) is 1. The van der Waals surface area contributed by atoms with Gasteiger partial charge >= 0.3 is 6.03 Å². The maximum absolute atomic E-state index is 13.5. The minimum atomic E-state index is -0.221. The average Bonchev–Trinajstić information content (AvgIpc) is 3.57. The molecule has 0 unspecified atom stereocenters. The lowest BCUT2D eigenvalue weighted by molar-refractivity contribution is -0.133. The second-order valence-electron chi connectivity index (χ2n) is 8.48. The van der Waals surface area contributed by atoms with Crippen LogP contribution in [0.2, 0.25) is 0 Å². The maximum Gasteiger partial charge on any atom is 0.318 e. The lowest BCUT2D eigenvalue weighted by atomic mass is 10.1. The van der Waals surface area contributed by atoms with E-state index in [0.29, 0.717) is 32.7 Å². The van der Waals surface area contributed by atoms with E-state index in [1.165, 1.54) is 0 Å². The Morgan fingerprint density at radius 2 is 1.97 bits per heavy atom. The molecule has 4 rings (SSSR count). The molecule has 3 amide bonds. The molecule has 2 aromatic rings. The molecule has 33 heavy (non-hydrogen) atoms. The van der Waals surface area contributed by atoms with Crippen molar-refractivity contribution in [2.24, 2.45) is 5.10 Å². The van der Waals surface area contributed by atoms with Crippen LogP contribution in [-0.4, -0.2) is 84.4 Å². The minimum absolute atomic E-state index is 0.00686. The van der Waals surface area contributed by atoms with Crippen LogP contribution in [0.15, 0.2) is 40.1 Å². The van der Waals surface area contributed by atoms with Crippen LogP contribution in [-0.2, 0) is 9.53 Å². The normalized spacial score (nSPS) is 19.1. The zero-order chi connectivity index (χ0) is 23.2. The average molecular weight is 490 g/mol. The smallest absolute Gasteiger partial charge is 0.318 e. The van der Waals surface area contributed by atoms with E-state index < -0.39 is 0 Å². The lowest BCUT2D eigenvalue weighted by Gasteiger charge is -2.31. The molecule has 2 aromatic heterocycles. The second kappa shape index (κ2) is 11.2. The number of urea groups is 1. The van der Waals surface area contributed by atoms with E-state index in [4.69, 9.17) is 9.84 Å². The molecular formula is C23H31N5O3S2. The van der Waals surface area contributed by atoms with Gasteiger partial charge in [0.25, 0.3) is 5.91 Å². The summed E-state index contributed by atoms with van der Waals surface area (Å²) in [5, 5.41) is 13.3. The number of thiophene rings is 2. The Hall–Kier alpha value is -2.27. The predicted molar refractivity (Wildman–Crippen MR) is 132 cm³/mol. The third-order valence-corrected chi connectivity index (χ3v) is 7.55. The van der Waals surface area contributed by atoms with Gasteiger partial charge < -0.3 is 15.0 Å². The third kappa shape index (κ3) is 6.20. The van der Waals surface area contributed by atoms with E-state index in [1.807, 2.05) is 48.9 Å². The van der Waals surface area contributed by atoms with Gasteiger partial charge in [-0.25, -0.2) is 9.80 Å². The fourth-order valence-electron chi connectivity index (χ4n) is 3.95. The number of carbonyl (C=O) groups is 2. The predicted octanol–water partition coefficient (Wildman–Crippen LogP) is 3.24. The highest BCUT2D eigenvalue weighted by molar-refractivity contribution is 7.12. The number of amides is 3. The number of nitrogens with zero attached hydrogens (tertiary/aromatic N) is 4. The highest BCUT2D eigenvalue weighted by Gasteiger charge is 2.35. The van der Waals surface area contributed by atoms with Gasteiger partial charge in [-0.2, -0.15) is 5.10 Å². The summed E-state index contributed by atoms with van der Waals surface area (Å²) in [6.07, 6.45) is 0.679. The van der Waals surface area contributed by atoms with Crippen molar-refractivity contribution in [3.8, 4) is 0 Å². The molecule has 0 aliphatic carbocycles. The van der Waals surface area contributed by atoms with Gasteiger partial charge in [-0.15, -0.1) is 22.7 Å². The highest BCUT2D eigenvalue weighted by Crippen LogP contribution is 2.36. The van der Waals surface area contributed by atoms with Gasteiger partial charge in [-0.3, -0.25) is 9.69 Å². The number of nitrogens with one attached hydrogen (secondary N) is 1. The molecule has 1 atom stereocenters. The topological polar surface area (TPSA) is 77.5 Å². The standard InChI is InChI=1S/C23H31N5O3S2/c1-17(2)24-23(30)27(8-7-26-9-11-31-12-10-26)16-22(29)28-19(21-6-4-14-33-21)15-18(25-28)20-5-3-13-32-20/h3-6,13-14,17,19H,7-12,15-16H2,1-2H3,(H,24,30)/t19-/m1/s1. The monoisotopic (exact) mass is 489 g/mol. The Morgan fingerprint density at radius 3 is 2.64 bits per heavy atom. The molecule has 178 valence electrons. The molecule has 1 N–H and O–H groups in total. The number of rotatable bonds is 8. The van der Waals surface area contributed by atoms with Crippen LogP contribution in [0.3, 0.4) is 0 Å². The Morgan fingerprint density at radius 1 is 1.21 bits per heavy atom.